The van der Waals surface area contributed by atoms with Gasteiger partial charge in [0.15, 0.2) is 0 Å². The van der Waals surface area contributed by atoms with E-state index < -0.39 is 0 Å². The predicted octanol–water partition coefficient (Wildman–Crippen LogP) is 3.47. The Morgan fingerprint density at radius 1 is 1.26 bits per heavy atom. The van der Waals surface area contributed by atoms with Crippen LogP contribution in [0.1, 0.15) is 5.56 Å². The Morgan fingerprint density at radius 3 is 2.93 bits per heavy atom. The molecule has 2 aromatic rings. The zero-order valence-electron chi connectivity index (χ0n) is 14.4. The van der Waals surface area contributed by atoms with E-state index >= 15 is 0 Å². The SMILES string of the molecule is Cl.Cl.Fc1cc(Cl)ccc1COc1cccc(N2CCN[C@H]3COC[C@H]32)n1. The molecule has 5 nitrogen and oxygen atoms in total. The molecule has 1 N–H and O–H groups in total. The molecule has 0 unspecified atom stereocenters. The number of piperazine rings is 1. The third-order valence-electron chi connectivity index (χ3n) is 4.60. The van der Waals surface area contributed by atoms with Crippen molar-refractivity contribution in [2.75, 3.05) is 31.2 Å². The van der Waals surface area contributed by atoms with Gasteiger partial charge in [0.25, 0.3) is 0 Å². The van der Waals surface area contributed by atoms with Crippen LogP contribution in [-0.4, -0.2) is 43.4 Å². The van der Waals surface area contributed by atoms with Crippen LogP contribution in [0.4, 0.5) is 10.2 Å². The van der Waals surface area contributed by atoms with Crippen LogP contribution in [-0.2, 0) is 11.3 Å². The number of ether oxygens (including phenoxy) is 2. The summed E-state index contributed by atoms with van der Waals surface area (Å²) in [5.74, 6) is 0.952. The molecule has 2 aliphatic rings. The maximum Gasteiger partial charge on any atom is 0.215 e. The smallest absolute Gasteiger partial charge is 0.215 e. The summed E-state index contributed by atoms with van der Waals surface area (Å²) < 4.78 is 25.1. The number of rotatable bonds is 4. The molecule has 2 atom stereocenters. The summed E-state index contributed by atoms with van der Waals surface area (Å²) in [5, 5.41) is 3.84. The Balaban J connectivity index is 0.00000131. The van der Waals surface area contributed by atoms with E-state index in [9.17, 15) is 4.39 Å². The normalized spacial score (nSPS) is 21.0. The van der Waals surface area contributed by atoms with E-state index in [1.165, 1.54) is 6.07 Å². The first-order valence-electron chi connectivity index (χ1n) is 8.32. The minimum absolute atomic E-state index is 0. The summed E-state index contributed by atoms with van der Waals surface area (Å²) >= 11 is 5.77. The van der Waals surface area contributed by atoms with Crippen molar-refractivity contribution in [3.8, 4) is 5.88 Å². The van der Waals surface area contributed by atoms with Crippen LogP contribution in [0.25, 0.3) is 0 Å². The topological polar surface area (TPSA) is 46.6 Å². The molecule has 0 amide bonds. The van der Waals surface area contributed by atoms with E-state index in [1.807, 2.05) is 12.1 Å². The van der Waals surface area contributed by atoms with E-state index in [2.05, 4.69) is 15.2 Å². The summed E-state index contributed by atoms with van der Waals surface area (Å²) in [6.07, 6.45) is 0. The number of aromatic nitrogens is 1. The van der Waals surface area contributed by atoms with Gasteiger partial charge in [0, 0.05) is 29.7 Å². The molecule has 1 aromatic carbocycles. The number of benzene rings is 1. The fourth-order valence-electron chi connectivity index (χ4n) is 3.30. The van der Waals surface area contributed by atoms with Crippen molar-refractivity contribution in [2.45, 2.75) is 18.7 Å². The average Bonchev–Trinajstić information content (AvgIpc) is 3.10. The molecular weight excluding hydrogens is 416 g/mol. The van der Waals surface area contributed by atoms with E-state index in [4.69, 9.17) is 21.1 Å². The highest BCUT2D eigenvalue weighted by Gasteiger charge is 2.36. The van der Waals surface area contributed by atoms with Crippen LogP contribution in [0, 0.1) is 5.82 Å². The zero-order valence-corrected chi connectivity index (χ0v) is 16.8. The van der Waals surface area contributed by atoms with Crippen LogP contribution < -0.4 is 15.0 Å². The van der Waals surface area contributed by atoms with Gasteiger partial charge in [0.1, 0.15) is 18.2 Å². The Kier molecular flexibility index (Phi) is 7.94. The maximum atomic E-state index is 13.9. The lowest BCUT2D eigenvalue weighted by molar-refractivity contribution is 0.189. The molecule has 0 spiro atoms. The molecule has 1 aromatic heterocycles. The minimum Gasteiger partial charge on any atom is -0.473 e. The highest BCUT2D eigenvalue weighted by Crippen LogP contribution is 2.25. The van der Waals surface area contributed by atoms with E-state index in [0.29, 0.717) is 29.1 Å². The molecule has 0 radical (unpaired) electrons. The average molecular weight is 437 g/mol. The number of nitrogens with zero attached hydrogens (tertiary/aromatic N) is 2. The molecule has 2 saturated heterocycles. The molecule has 2 aliphatic heterocycles. The quantitative estimate of drug-likeness (QED) is 0.795. The molecule has 0 saturated carbocycles. The first kappa shape index (κ1) is 22.0. The van der Waals surface area contributed by atoms with Gasteiger partial charge in [-0.15, -0.1) is 24.8 Å². The molecule has 0 aliphatic carbocycles. The molecule has 3 heterocycles. The van der Waals surface area contributed by atoms with Crippen molar-refractivity contribution in [2.24, 2.45) is 0 Å². The van der Waals surface area contributed by atoms with E-state index in [1.54, 1.807) is 18.2 Å². The van der Waals surface area contributed by atoms with Gasteiger partial charge in [-0.1, -0.05) is 23.7 Å². The number of hydrogen-bond acceptors (Lipinski definition) is 5. The number of pyridine rings is 1. The zero-order chi connectivity index (χ0) is 17.2. The Bertz CT molecular complexity index is 768. The first-order chi connectivity index (χ1) is 12.2. The number of hydrogen-bond donors (Lipinski definition) is 1. The summed E-state index contributed by atoms with van der Waals surface area (Å²) in [6.45, 7) is 3.30. The first-order valence-corrected chi connectivity index (χ1v) is 8.70. The minimum atomic E-state index is -0.378. The lowest BCUT2D eigenvalue weighted by atomic mass is 10.1. The lowest BCUT2D eigenvalue weighted by Gasteiger charge is -2.37. The second-order valence-corrected chi connectivity index (χ2v) is 6.65. The van der Waals surface area contributed by atoms with Gasteiger partial charge in [-0.25, -0.2) is 4.39 Å². The van der Waals surface area contributed by atoms with Gasteiger partial charge in [-0.2, -0.15) is 4.98 Å². The van der Waals surface area contributed by atoms with Gasteiger partial charge in [0.2, 0.25) is 5.88 Å². The molecule has 0 bridgehead atoms. The second-order valence-electron chi connectivity index (χ2n) is 6.22. The summed E-state index contributed by atoms with van der Waals surface area (Å²) in [7, 11) is 0. The van der Waals surface area contributed by atoms with Crippen molar-refractivity contribution in [3.05, 3.63) is 52.8 Å². The number of halogens is 4. The monoisotopic (exact) mass is 435 g/mol. The van der Waals surface area contributed by atoms with Crippen LogP contribution in [0.3, 0.4) is 0 Å². The molecule has 2 fully saturated rings. The van der Waals surface area contributed by atoms with Crippen molar-refractivity contribution in [1.82, 2.24) is 10.3 Å². The van der Waals surface area contributed by atoms with Gasteiger partial charge in [-0.3, -0.25) is 0 Å². The Hall–Kier alpha value is -1.31. The van der Waals surface area contributed by atoms with Crippen LogP contribution in [0.2, 0.25) is 5.02 Å². The van der Waals surface area contributed by atoms with Crippen molar-refractivity contribution >= 4 is 42.2 Å². The number of anilines is 1. The molecule has 4 rings (SSSR count). The molecule has 27 heavy (non-hydrogen) atoms. The van der Waals surface area contributed by atoms with Gasteiger partial charge >= 0.3 is 0 Å². The van der Waals surface area contributed by atoms with Crippen molar-refractivity contribution in [3.63, 3.8) is 0 Å². The summed E-state index contributed by atoms with van der Waals surface area (Å²) in [6, 6.07) is 10.8. The fraction of sp³-hybridized carbons (Fsp3) is 0.389. The highest BCUT2D eigenvalue weighted by atomic mass is 35.5. The standard InChI is InChI=1S/C18H19ClFN3O2.2ClH/c19-13-5-4-12(14(20)8-13)9-25-18-3-1-2-17(22-18)23-7-6-21-15-10-24-11-16(15)23;;/h1-5,8,15-16,21H,6-7,9-11H2;2*1H/t15-,16+;;/m0../s1. The van der Waals surface area contributed by atoms with E-state index in [0.717, 1.165) is 25.5 Å². The van der Waals surface area contributed by atoms with E-state index in [-0.39, 0.29) is 43.3 Å². The molecule has 148 valence electrons. The molecular formula is C18H21Cl3FN3O2. The molecule has 9 heteroatoms. The summed E-state index contributed by atoms with van der Waals surface area (Å²) in [4.78, 5) is 6.84. The van der Waals surface area contributed by atoms with Crippen LogP contribution in [0.15, 0.2) is 36.4 Å². The van der Waals surface area contributed by atoms with Crippen LogP contribution in [0.5, 0.6) is 5.88 Å². The summed E-state index contributed by atoms with van der Waals surface area (Å²) in [5.41, 5.74) is 0.447. The van der Waals surface area contributed by atoms with Crippen LogP contribution >= 0.6 is 36.4 Å². The largest absolute Gasteiger partial charge is 0.473 e. The fourth-order valence-corrected chi connectivity index (χ4v) is 3.46. The Labute approximate surface area is 175 Å². The highest BCUT2D eigenvalue weighted by molar-refractivity contribution is 6.30. The van der Waals surface area contributed by atoms with Crippen molar-refractivity contribution in [1.29, 1.82) is 0 Å². The third kappa shape index (κ3) is 4.95. The number of nitrogens with one attached hydrogen (secondary N) is 1. The third-order valence-corrected chi connectivity index (χ3v) is 4.84. The van der Waals surface area contributed by atoms with Gasteiger partial charge in [-0.05, 0) is 18.2 Å². The predicted molar refractivity (Wildman–Crippen MR) is 108 cm³/mol. The van der Waals surface area contributed by atoms with Crippen molar-refractivity contribution < 1.29 is 13.9 Å². The lowest BCUT2D eigenvalue weighted by Crippen LogP contribution is -2.57. The number of fused-ring (bicyclic) bond motifs is 1. The van der Waals surface area contributed by atoms with Gasteiger partial charge in [0.05, 0.1) is 25.3 Å². The second kappa shape index (κ2) is 9.75. The Morgan fingerprint density at radius 2 is 2.11 bits per heavy atom. The maximum absolute atomic E-state index is 13.9. The van der Waals surface area contributed by atoms with Gasteiger partial charge < -0.3 is 19.7 Å².